The largest absolute Gasteiger partial charge is 0.444 e. The number of benzene rings is 2. The number of rotatable bonds is 11. The second-order valence-electron chi connectivity index (χ2n) is 10.2. The van der Waals surface area contributed by atoms with Crippen molar-refractivity contribution in [3.63, 3.8) is 0 Å². The van der Waals surface area contributed by atoms with Crippen molar-refractivity contribution in [2.24, 2.45) is 5.92 Å². The molecule has 0 heterocycles. The zero-order valence-corrected chi connectivity index (χ0v) is 23.0. The van der Waals surface area contributed by atoms with Gasteiger partial charge in [0.05, 0.1) is 0 Å². The first-order valence-corrected chi connectivity index (χ1v) is 12.8. The second-order valence-corrected chi connectivity index (χ2v) is 10.2. The Balaban J connectivity index is 2.47. The molecule has 7 nitrogen and oxygen atoms in total. The maximum atomic E-state index is 14.0. The molecule has 0 aliphatic carbocycles. The molecule has 38 heavy (non-hydrogen) atoms. The normalized spacial score (nSPS) is 13.3. The van der Waals surface area contributed by atoms with Gasteiger partial charge in [0.2, 0.25) is 11.8 Å². The van der Waals surface area contributed by atoms with Crippen LogP contribution in [0.2, 0.25) is 0 Å². The van der Waals surface area contributed by atoms with Crippen molar-refractivity contribution in [3.8, 4) is 12.3 Å². The lowest BCUT2D eigenvalue weighted by atomic mass is 9.95. The van der Waals surface area contributed by atoms with E-state index in [0.717, 1.165) is 5.56 Å². The first kappa shape index (κ1) is 30.2. The average molecular weight is 518 g/mol. The number of terminal acetylenes is 1. The molecule has 2 rings (SSSR count). The van der Waals surface area contributed by atoms with Crippen LogP contribution in [0.1, 0.15) is 63.8 Å². The van der Waals surface area contributed by atoms with Gasteiger partial charge in [0.1, 0.15) is 17.7 Å². The van der Waals surface area contributed by atoms with Gasteiger partial charge < -0.3 is 20.3 Å². The lowest BCUT2D eigenvalue weighted by Crippen LogP contribution is -2.55. The first-order chi connectivity index (χ1) is 18.0. The van der Waals surface area contributed by atoms with E-state index in [1.165, 1.54) is 4.90 Å². The van der Waals surface area contributed by atoms with Crippen LogP contribution in [0.3, 0.4) is 0 Å². The summed E-state index contributed by atoms with van der Waals surface area (Å²) in [5.74, 6) is 1.57. The topological polar surface area (TPSA) is 87.7 Å². The van der Waals surface area contributed by atoms with Crippen molar-refractivity contribution in [2.45, 2.75) is 65.3 Å². The van der Waals surface area contributed by atoms with Gasteiger partial charge in [-0.3, -0.25) is 9.59 Å². The highest BCUT2D eigenvalue weighted by atomic mass is 16.6. The van der Waals surface area contributed by atoms with Crippen LogP contribution in [0.4, 0.5) is 4.79 Å². The third kappa shape index (κ3) is 8.81. The molecule has 0 aliphatic rings. The van der Waals surface area contributed by atoms with Crippen LogP contribution in [-0.4, -0.2) is 41.0 Å². The van der Waals surface area contributed by atoms with E-state index in [1.807, 2.05) is 44.2 Å². The highest BCUT2D eigenvalue weighted by Crippen LogP contribution is 2.25. The molecule has 2 aromatic rings. The molecule has 2 aromatic carbocycles. The van der Waals surface area contributed by atoms with Crippen molar-refractivity contribution in [2.75, 3.05) is 6.54 Å². The van der Waals surface area contributed by atoms with Crippen LogP contribution in [0.25, 0.3) is 0 Å². The van der Waals surface area contributed by atoms with Gasteiger partial charge in [0.25, 0.3) is 0 Å². The van der Waals surface area contributed by atoms with Crippen LogP contribution in [0, 0.1) is 18.3 Å². The van der Waals surface area contributed by atoms with E-state index >= 15 is 0 Å². The number of nitrogens with one attached hydrogen (secondary N) is 2. The first-order valence-electron chi connectivity index (χ1n) is 12.8. The number of ether oxygens (including phenoxy) is 1. The Bertz CT molecular complexity index is 1130. The van der Waals surface area contributed by atoms with Gasteiger partial charge in [-0.25, -0.2) is 4.79 Å². The van der Waals surface area contributed by atoms with E-state index in [2.05, 4.69) is 23.1 Å². The molecule has 3 atom stereocenters. The summed E-state index contributed by atoms with van der Waals surface area (Å²) in [6, 6.07) is 14.6. The molecular formula is C31H39N3O4. The van der Waals surface area contributed by atoms with Crippen LogP contribution in [0.5, 0.6) is 0 Å². The van der Waals surface area contributed by atoms with Gasteiger partial charge in [0, 0.05) is 18.7 Å². The van der Waals surface area contributed by atoms with Gasteiger partial charge in [-0.15, -0.1) is 13.0 Å². The predicted octanol–water partition coefficient (Wildman–Crippen LogP) is 4.98. The smallest absolute Gasteiger partial charge is 0.408 e. The Morgan fingerprint density at radius 3 is 2.26 bits per heavy atom. The fourth-order valence-corrected chi connectivity index (χ4v) is 3.87. The Labute approximate surface area is 226 Å². The van der Waals surface area contributed by atoms with Crippen molar-refractivity contribution < 1.29 is 19.1 Å². The summed E-state index contributed by atoms with van der Waals surface area (Å²) in [6.45, 7) is 13.3. The molecule has 0 fully saturated rings. The third-order valence-corrected chi connectivity index (χ3v) is 6.02. The summed E-state index contributed by atoms with van der Waals surface area (Å²) in [5.41, 5.74) is 1.44. The van der Waals surface area contributed by atoms with E-state index in [1.54, 1.807) is 51.1 Å². The molecule has 202 valence electrons. The summed E-state index contributed by atoms with van der Waals surface area (Å²) in [6.07, 6.45) is 7.01. The number of alkyl carbamates (subject to hydrolysis) is 1. The minimum Gasteiger partial charge on any atom is -0.444 e. The molecule has 0 saturated carbocycles. The monoisotopic (exact) mass is 517 g/mol. The number of carbonyl (C=O) groups is 3. The molecule has 0 aliphatic heterocycles. The lowest BCUT2D eigenvalue weighted by molar-refractivity contribution is -0.142. The molecule has 0 spiro atoms. The standard InChI is InChI=1S/C31H39N3O4/c1-8-20-34(29(36)26(22(4)9-2)33-30(37)38-31(5,6)7)27(25-18-16-23(10-3)17-19-25)28(35)32-21-24-14-12-11-13-15-24/h3,8,11-19,22,26-27H,1,9,20-21H2,2,4-7H3,(H,32,35)(H,33,37). The van der Waals surface area contributed by atoms with E-state index in [0.29, 0.717) is 24.1 Å². The van der Waals surface area contributed by atoms with Crippen LogP contribution in [-0.2, 0) is 20.9 Å². The molecule has 3 amide bonds. The van der Waals surface area contributed by atoms with E-state index in [4.69, 9.17) is 11.2 Å². The minimum absolute atomic E-state index is 0.0854. The van der Waals surface area contributed by atoms with Crippen LogP contribution < -0.4 is 10.6 Å². The summed E-state index contributed by atoms with van der Waals surface area (Å²) >= 11 is 0. The van der Waals surface area contributed by atoms with Gasteiger partial charge >= 0.3 is 6.09 Å². The number of amides is 3. The maximum absolute atomic E-state index is 14.0. The van der Waals surface area contributed by atoms with Gasteiger partial charge in [-0.05, 0) is 49.9 Å². The second kappa shape index (κ2) is 14.0. The van der Waals surface area contributed by atoms with Crippen molar-refractivity contribution >= 4 is 17.9 Å². The number of hydrogen-bond donors (Lipinski definition) is 2. The molecule has 3 unspecified atom stereocenters. The van der Waals surface area contributed by atoms with Gasteiger partial charge in [0.15, 0.2) is 0 Å². The van der Waals surface area contributed by atoms with Gasteiger partial charge in [-0.2, -0.15) is 0 Å². The van der Waals surface area contributed by atoms with Crippen molar-refractivity contribution in [3.05, 3.63) is 83.9 Å². The molecule has 2 N–H and O–H groups in total. The lowest BCUT2D eigenvalue weighted by Gasteiger charge is -2.35. The highest BCUT2D eigenvalue weighted by molar-refractivity contribution is 5.92. The fraction of sp³-hybridized carbons (Fsp3) is 0.387. The average Bonchev–Trinajstić information content (AvgIpc) is 2.89. The van der Waals surface area contributed by atoms with Crippen LogP contribution >= 0.6 is 0 Å². The molecule has 0 bridgehead atoms. The van der Waals surface area contributed by atoms with Crippen molar-refractivity contribution in [1.29, 1.82) is 0 Å². The summed E-state index contributed by atoms with van der Waals surface area (Å²) in [7, 11) is 0. The molecule has 7 heteroatoms. The quantitative estimate of drug-likeness (QED) is 0.325. The minimum atomic E-state index is -0.983. The summed E-state index contributed by atoms with van der Waals surface area (Å²) < 4.78 is 5.42. The van der Waals surface area contributed by atoms with E-state index in [9.17, 15) is 14.4 Å². The summed E-state index contributed by atoms with van der Waals surface area (Å²) in [5, 5.41) is 5.69. The SMILES string of the molecule is C#Cc1ccc(C(C(=O)NCc2ccccc2)N(CC=C)C(=O)C(NC(=O)OC(C)(C)C)C(C)CC)cc1. The third-order valence-electron chi connectivity index (χ3n) is 6.02. The predicted molar refractivity (Wildman–Crippen MR) is 150 cm³/mol. The number of carbonyl (C=O) groups excluding carboxylic acids is 3. The Morgan fingerprint density at radius 2 is 1.74 bits per heavy atom. The Hall–Kier alpha value is -4.05. The molecule has 0 radical (unpaired) electrons. The fourth-order valence-electron chi connectivity index (χ4n) is 3.87. The highest BCUT2D eigenvalue weighted by Gasteiger charge is 2.37. The molecule has 0 saturated heterocycles. The molecule has 0 aromatic heterocycles. The van der Waals surface area contributed by atoms with Crippen LogP contribution in [0.15, 0.2) is 67.3 Å². The van der Waals surface area contributed by atoms with E-state index in [-0.39, 0.29) is 18.4 Å². The maximum Gasteiger partial charge on any atom is 0.408 e. The Morgan fingerprint density at radius 1 is 1.11 bits per heavy atom. The van der Waals surface area contributed by atoms with Crippen molar-refractivity contribution in [1.82, 2.24) is 15.5 Å². The molecular weight excluding hydrogens is 478 g/mol. The number of hydrogen-bond acceptors (Lipinski definition) is 4. The number of nitrogens with zero attached hydrogens (tertiary/aromatic N) is 1. The van der Waals surface area contributed by atoms with Gasteiger partial charge in [-0.1, -0.05) is 74.7 Å². The Kier molecular flexibility index (Phi) is 11.1. The zero-order chi connectivity index (χ0) is 28.3. The summed E-state index contributed by atoms with van der Waals surface area (Å²) in [4.78, 5) is 41.8. The van der Waals surface area contributed by atoms with E-state index < -0.39 is 29.7 Å². The zero-order valence-electron chi connectivity index (χ0n) is 23.0.